The number of hydrogen-bond donors (Lipinski definition) is 2. The minimum Gasteiger partial charge on any atom is -0.427 e. The van der Waals surface area contributed by atoms with E-state index in [-0.39, 0.29) is 18.9 Å². The van der Waals surface area contributed by atoms with E-state index in [1.807, 2.05) is 6.92 Å². The maximum absolute atomic E-state index is 13.2. The first-order valence-electron chi connectivity index (χ1n) is 11.9. The van der Waals surface area contributed by atoms with Crippen molar-refractivity contribution in [1.82, 2.24) is 15.2 Å². The molecule has 3 heterocycles. The molecule has 13 heteroatoms. The van der Waals surface area contributed by atoms with E-state index in [1.165, 1.54) is 28.0 Å². The molecule has 3 N–H and O–H groups in total. The zero-order valence-corrected chi connectivity index (χ0v) is 23.4. The van der Waals surface area contributed by atoms with E-state index in [1.54, 1.807) is 38.3 Å². The number of esters is 2. The normalized spacial score (nSPS) is 19.4. The van der Waals surface area contributed by atoms with Crippen LogP contribution in [0.4, 0.5) is 5.13 Å². The summed E-state index contributed by atoms with van der Waals surface area (Å²) in [7, 11) is 0. The van der Waals surface area contributed by atoms with Crippen LogP contribution in [0.15, 0.2) is 35.4 Å². The summed E-state index contributed by atoms with van der Waals surface area (Å²) in [6.07, 6.45) is 3.87. The second kappa shape index (κ2) is 12.6. The van der Waals surface area contributed by atoms with Crippen LogP contribution in [-0.4, -0.2) is 70.8 Å². The highest BCUT2D eigenvalue weighted by atomic mass is 32.2. The summed E-state index contributed by atoms with van der Waals surface area (Å²) in [6, 6.07) is -0.860. The maximum Gasteiger partial charge on any atom is 0.358 e. The molecule has 1 aromatic heterocycles. The Balaban J connectivity index is 1.75. The standard InChI is InChI=1S/C25H32N4O7S2/c1-6-8-15(16-12-38-24(26)27-16)19(30)28-17-20(31)29-18(14(10-34-9-7-2)11-37-21(17)29)22(32)35-13-36-23(33)25(3,4)5/h7-8,12,17,21H,2,6,9-11,13H2,1,3-5H3,(H2,26,27)(H,28,30)/t17-,21-/m1/s1. The fourth-order valence-corrected chi connectivity index (χ4v) is 5.51. The average molecular weight is 565 g/mol. The van der Waals surface area contributed by atoms with Crippen LogP contribution in [-0.2, 0) is 33.4 Å². The fourth-order valence-electron chi connectivity index (χ4n) is 3.62. The Bertz CT molecular complexity index is 1170. The molecule has 1 saturated heterocycles. The van der Waals surface area contributed by atoms with Gasteiger partial charge in [0.2, 0.25) is 6.79 Å². The lowest BCUT2D eigenvalue weighted by atomic mass is 9.98. The molecule has 206 valence electrons. The number of carbonyl (C=O) groups excluding carboxylic acids is 4. The SMILES string of the molecule is C=CCOCC1=C(C(=O)OCOC(=O)C(C)(C)C)N2C(=O)[C@@H](NC(=O)C(=CCC)c3csc(N)n3)[C@H]2SC1. The lowest BCUT2D eigenvalue weighted by molar-refractivity contribution is -0.173. The number of thioether (sulfide) groups is 1. The van der Waals surface area contributed by atoms with E-state index >= 15 is 0 Å². The molecule has 2 atom stereocenters. The Labute approximate surface area is 229 Å². The molecule has 0 bridgehead atoms. The number of nitrogens with two attached hydrogens (primary N) is 1. The lowest BCUT2D eigenvalue weighted by Crippen LogP contribution is -2.70. The molecule has 0 aliphatic carbocycles. The summed E-state index contributed by atoms with van der Waals surface area (Å²) in [5.41, 5.74) is 6.28. The first kappa shape index (κ1) is 29.4. The second-order valence-electron chi connectivity index (χ2n) is 9.45. The van der Waals surface area contributed by atoms with Gasteiger partial charge in [-0.2, -0.15) is 0 Å². The van der Waals surface area contributed by atoms with Crippen LogP contribution in [0.1, 0.15) is 39.8 Å². The molecule has 0 saturated carbocycles. The quantitative estimate of drug-likeness (QED) is 0.102. The van der Waals surface area contributed by atoms with E-state index in [9.17, 15) is 19.2 Å². The highest BCUT2D eigenvalue weighted by Crippen LogP contribution is 2.41. The van der Waals surface area contributed by atoms with E-state index < -0.39 is 47.4 Å². The van der Waals surface area contributed by atoms with Gasteiger partial charge in [0.05, 0.1) is 29.9 Å². The number of amides is 2. The third kappa shape index (κ3) is 6.63. The number of anilines is 1. The number of nitrogens with zero attached hydrogens (tertiary/aromatic N) is 2. The van der Waals surface area contributed by atoms with E-state index in [2.05, 4.69) is 16.9 Å². The van der Waals surface area contributed by atoms with E-state index in [0.29, 0.717) is 34.1 Å². The number of nitrogens with one attached hydrogen (secondary N) is 1. The third-order valence-corrected chi connectivity index (χ3v) is 7.50. The molecular formula is C25H32N4O7S2. The van der Waals surface area contributed by atoms with Gasteiger partial charge in [0, 0.05) is 11.1 Å². The zero-order valence-electron chi connectivity index (χ0n) is 21.8. The summed E-state index contributed by atoms with van der Waals surface area (Å²) >= 11 is 2.61. The van der Waals surface area contributed by atoms with E-state index in [4.69, 9.17) is 19.9 Å². The predicted octanol–water partition coefficient (Wildman–Crippen LogP) is 2.47. The minimum absolute atomic E-state index is 0.0247. The highest BCUT2D eigenvalue weighted by molar-refractivity contribution is 8.00. The van der Waals surface area contributed by atoms with Gasteiger partial charge in [-0.15, -0.1) is 29.7 Å². The summed E-state index contributed by atoms with van der Waals surface area (Å²) in [6.45, 7) is 10.3. The number of nitrogen functional groups attached to an aromatic ring is 1. The van der Waals surface area contributed by atoms with Crippen molar-refractivity contribution in [3.05, 3.63) is 41.1 Å². The van der Waals surface area contributed by atoms with Crippen LogP contribution < -0.4 is 11.1 Å². The van der Waals surface area contributed by atoms with Crippen LogP contribution in [0.25, 0.3) is 5.57 Å². The number of fused-ring (bicyclic) bond motifs is 1. The predicted molar refractivity (Wildman–Crippen MR) is 144 cm³/mol. The molecule has 2 aliphatic heterocycles. The second-order valence-corrected chi connectivity index (χ2v) is 11.4. The van der Waals surface area contributed by atoms with Gasteiger partial charge in [-0.3, -0.25) is 19.3 Å². The average Bonchev–Trinajstić information content (AvgIpc) is 3.30. The Morgan fingerprint density at radius 1 is 1.32 bits per heavy atom. The van der Waals surface area contributed by atoms with Crippen LogP contribution in [0.5, 0.6) is 0 Å². The Morgan fingerprint density at radius 3 is 2.66 bits per heavy atom. The topological polar surface area (TPSA) is 150 Å². The first-order valence-corrected chi connectivity index (χ1v) is 13.8. The summed E-state index contributed by atoms with van der Waals surface area (Å²) in [4.78, 5) is 56.8. The molecule has 1 aromatic rings. The molecule has 0 radical (unpaired) electrons. The number of aromatic nitrogens is 1. The smallest absolute Gasteiger partial charge is 0.358 e. The number of carbonyl (C=O) groups is 4. The highest BCUT2D eigenvalue weighted by Gasteiger charge is 2.54. The summed E-state index contributed by atoms with van der Waals surface area (Å²) < 4.78 is 15.8. The molecule has 0 unspecified atom stereocenters. The molecule has 0 spiro atoms. The first-order chi connectivity index (χ1) is 18.0. The molecule has 1 fully saturated rings. The van der Waals surface area contributed by atoms with Gasteiger partial charge in [0.1, 0.15) is 17.1 Å². The molecule has 3 rings (SSSR count). The van der Waals surface area contributed by atoms with Crippen molar-refractivity contribution >= 4 is 57.6 Å². The molecule has 11 nitrogen and oxygen atoms in total. The van der Waals surface area contributed by atoms with Gasteiger partial charge in [0.25, 0.3) is 11.8 Å². The Kier molecular flexibility index (Phi) is 9.74. The summed E-state index contributed by atoms with van der Waals surface area (Å²) in [5.74, 6) is -1.92. The van der Waals surface area contributed by atoms with Gasteiger partial charge in [-0.05, 0) is 32.8 Å². The van der Waals surface area contributed by atoms with Crippen LogP contribution in [0.2, 0.25) is 0 Å². The number of rotatable bonds is 11. The lowest BCUT2D eigenvalue weighted by Gasteiger charge is -2.49. The number of ether oxygens (including phenoxy) is 3. The van der Waals surface area contributed by atoms with Crippen molar-refractivity contribution in [3.8, 4) is 0 Å². The monoisotopic (exact) mass is 564 g/mol. The Hall–Kier alpha value is -3.16. The molecule has 38 heavy (non-hydrogen) atoms. The minimum atomic E-state index is -0.860. The van der Waals surface area contributed by atoms with Crippen molar-refractivity contribution in [2.75, 3.05) is 31.5 Å². The van der Waals surface area contributed by atoms with Crippen molar-refractivity contribution in [2.24, 2.45) is 5.41 Å². The maximum atomic E-state index is 13.2. The van der Waals surface area contributed by atoms with Crippen molar-refractivity contribution in [2.45, 2.75) is 45.5 Å². The Morgan fingerprint density at radius 2 is 2.05 bits per heavy atom. The summed E-state index contributed by atoms with van der Waals surface area (Å²) in [5, 5.41) is 4.26. The van der Waals surface area contributed by atoms with Crippen molar-refractivity contribution in [3.63, 3.8) is 0 Å². The van der Waals surface area contributed by atoms with E-state index in [0.717, 1.165) is 0 Å². The van der Waals surface area contributed by atoms with Crippen LogP contribution in [0.3, 0.4) is 0 Å². The number of β-lactam (4-membered cyclic amide) rings is 1. The molecule has 2 amide bonds. The largest absolute Gasteiger partial charge is 0.427 e. The van der Waals surface area contributed by atoms with Gasteiger partial charge < -0.3 is 25.3 Å². The molecule has 2 aliphatic rings. The van der Waals surface area contributed by atoms with Gasteiger partial charge >= 0.3 is 11.9 Å². The van der Waals surface area contributed by atoms with Gasteiger partial charge in [-0.1, -0.05) is 19.1 Å². The van der Waals surface area contributed by atoms with Crippen molar-refractivity contribution < 1.29 is 33.4 Å². The van der Waals surface area contributed by atoms with Gasteiger partial charge in [-0.25, -0.2) is 9.78 Å². The third-order valence-electron chi connectivity index (χ3n) is 5.48. The van der Waals surface area contributed by atoms with Crippen LogP contribution in [0, 0.1) is 5.41 Å². The molecule has 0 aromatic carbocycles. The number of thiazole rings is 1. The number of allylic oxidation sites excluding steroid dienone is 1. The fraction of sp³-hybridized carbons (Fsp3) is 0.480. The molecular weight excluding hydrogens is 532 g/mol. The van der Waals surface area contributed by atoms with Crippen molar-refractivity contribution in [1.29, 1.82) is 0 Å². The van der Waals surface area contributed by atoms with Gasteiger partial charge in [0.15, 0.2) is 5.13 Å². The van der Waals surface area contributed by atoms with Crippen LogP contribution >= 0.6 is 23.1 Å². The zero-order chi connectivity index (χ0) is 28.0. The number of hydrogen-bond acceptors (Lipinski definition) is 11.